The molecule has 1 aliphatic rings. The van der Waals surface area contributed by atoms with E-state index in [1.807, 2.05) is 6.92 Å². The third-order valence-corrected chi connectivity index (χ3v) is 3.32. The Hall–Kier alpha value is -0.610. The first-order chi connectivity index (χ1) is 8.22. The van der Waals surface area contributed by atoms with Crippen molar-refractivity contribution in [1.29, 1.82) is 0 Å². The normalized spacial score (nSPS) is 18.9. The third kappa shape index (κ3) is 6.64. The maximum atomic E-state index is 11.7. The highest BCUT2D eigenvalue weighted by molar-refractivity contribution is 5.76. The molecule has 0 saturated carbocycles. The van der Waals surface area contributed by atoms with Crippen molar-refractivity contribution in [3.63, 3.8) is 0 Å². The molecule has 0 bridgehead atoms. The van der Waals surface area contributed by atoms with E-state index in [0.717, 1.165) is 45.3 Å². The van der Waals surface area contributed by atoms with Gasteiger partial charge in [0.05, 0.1) is 0 Å². The Labute approximate surface area is 104 Å². The first kappa shape index (κ1) is 14.5. The van der Waals surface area contributed by atoms with Crippen molar-refractivity contribution in [3.05, 3.63) is 0 Å². The van der Waals surface area contributed by atoms with Crippen molar-refractivity contribution < 1.29 is 14.6 Å². The van der Waals surface area contributed by atoms with Gasteiger partial charge in [0, 0.05) is 32.3 Å². The zero-order valence-corrected chi connectivity index (χ0v) is 10.8. The Balaban J connectivity index is 2.07. The highest BCUT2D eigenvalue weighted by Crippen LogP contribution is 2.19. The summed E-state index contributed by atoms with van der Waals surface area (Å²) in [5, 5.41) is 11.7. The molecule has 1 atom stereocenters. The largest absolute Gasteiger partial charge is 0.396 e. The Morgan fingerprint density at radius 2 is 2.18 bits per heavy atom. The second-order valence-electron chi connectivity index (χ2n) is 4.93. The van der Waals surface area contributed by atoms with E-state index >= 15 is 0 Å². The summed E-state index contributed by atoms with van der Waals surface area (Å²) in [6.07, 6.45) is 5.37. The molecule has 1 heterocycles. The fraction of sp³-hybridized carbons (Fsp3) is 0.923. The molecule has 0 aromatic carbocycles. The van der Waals surface area contributed by atoms with Crippen LogP contribution < -0.4 is 5.32 Å². The van der Waals surface area contributed by atoms with E-state index < -0.39 is 0 Å². The van der Waals surface area contributed by atoms with Gasteiger partial charge in [0.15, 0.2) is 0 Å². The van der Waals surface area contributed by atoms with Gasteiger partial charge in [0.1, 0.15) is 0 Å². The van der Waals surface area contributed by atoms with Gasteiger partial charge in [-0.2, -0.15) is 0 Å². The zero-order chi connectivity index (χ0) is 12.5. The van der Waals surface area contributed by atoms with Gasteiger partial charge in [-0.1, -0.05) is 0 Å². The number of hydrogen-bond acceptors (Lipinski definition) is 3. The lowest BCUT2D eigenvalue weighted by Gasteiger charge is -2.22. The number of nitrogens with one attached hydrogen (secondary N) is 1. The second kappa shape index (κ2) is 8.48. The lowest BCUT2D eigenvalue weighted by atomic mass is 9.95. The Morgan fingerprint density at radius 3 is 2.82 bits per heavy atom. The van der Waals surface area contributed by atoms with E-state index in [-0.39, 0.29) is 18.6 Å². The summed E-state index contributed by atoms with van der Waals surface area (Å²) in [6, 6.07) is 0.171. The number of rotatable bonds is 7. The minimum atomic E-state index is 0.141. The molecular weight excluding hydrogens is 218 g/mol. The monoisotopic (exact) mass is 243 g/mol. The van der Waals surface area contributed by atoms with Crippen molar-refractivity contribution in [3.8, 4) is 0 Å². The van der Waals surface area contributed by atoms with Crippen molar-refractivity contribution >= 4 is 5.91 Å². The molecule has 0 spiro atoms. The van der Waals surface area contributed by atoms with Gasteiger partial charge in [-0.3, -0.25) is 4.79 Å². The molecule has 0 aliphatic carbocycles. The van der Waals surface area contributed by atoms with Gasteiger partial charge in [-0.05, 0) is 44.9 Å². The minimum Gasteiger partial charge on any atom is -0.396 e. The van der Waals surface area contributed by atoms with Crippen LogP contribution in [-0.2, 0) is 9.53 Å². The molecule has 17 heavy (non-hydrogen) atoms. The zero-order valence-electron chi connectivity index (χ0n) is 10.8. The Bertz CT molecular complexity index is 215. The van der Waals surface area contributed by atoms with E-state index in [1.54, 1.807) is 0 Å². The predicted octanol–water partition coefficient (Wildman–Crippen LogP) is 1.47. The average Bonchev–Trinajstić information content (AvgIpc) is 2.35. The summed E-state index contributed by atoms with van der Waals surface area (Å²) in [5.41, 5.74) is 0. The highest BCUT2D eigenvalue weighted by Gasteiger charge is 2.15. The summed E-state index contributed by atoms with van der Waals surface area (Å²) in [4.78, 5) is 11.7. The van der Waals surface area contributed by atoms with Crippen molar-refractivity contribution in [2.75, 3.05) is 19.8 Å². The summed E-state index contributed by atoms with van der Waals surface area (Å²) in [7, 11) is 0. The topological polar surface area (TPSA) is 58.6 Å². The summed E-state index contributed by atoms with van der Waals surface area (Å²) < 4.78 is 5.29. The molecule has 100 valence electrons. The van der Waals surface area contributed by atoms with Gasteiger partial charge in [-0.25, -0.2) is 0 Å². The standard InChI is InChI=1S/C13H25NO3/c1-11(3-2-8-15)14-13(16)5-4-12-6-9-17-10-7-12/h11-12,15H,2-10H2,1H3,(H,14,16). The van der Waals surface area contributed by atoms with E-state index in [4.69, 9.17) is 9.84 Å². The lowest BCUT2D eigenvalue weighted by Crippen LogP contribution is -2.33. The fourth-order valence-electron chi connectivity index (χ4n) is 2.19. The number of aliphatic hydroxyl groups is 1. The van der Waals surface area contributed by atoms with Crippen LogP contribution in [0.2, 0.25) is 0 Å². The van der Waals surface area contributed by atoms with Gasteiger partial charge < -0.3 is 15.2 Å². The van der Waals surface area contributed by atoms with E-state index in [1.165, 1.54) is 0 Å². The molecule has 1 unspecified atom stereocenters. The van der Waals surface area contributed by atoms with Gasteiger partial charge in [0.25, 0.3) is 0 Å². The van der Waals surface area contributed by atoms with E-state index in [2.05, 4.69) is 5.32 Å². The first-order valence-electron chi connectivity index (χ1n) is 6.70. The molecule has 0 aromatic heterocycles. The number of aliphatic hydroxyl groups excluding tert-OH is 1. The molecular formula is C13H25NO3. The van der Waals surface area contributed by atoms with E-state index in [0.29, 0.717) is 12.3 Å². The molecule has 1 rings (SSSR count). The van der Waals surface area contributed by atoms with Crippen molar-refractivity contribution in [1.82, 2.24) is 5.32 Å². The maximum absolute atomic E-state index is 11.7. The van der Waals surface area contributed by atoms with Crippen LogP contribution in [0, 0.1) is 5.92 Å². The molecule has 1 fully saturated rings. The van der Waals surface area contributed by atoms with Crippen LogP contribution in [0.1, 0.15) is 45.4 Å². The number of amides is 1. The minimum absolute atomic E-state index is 0.141. The molecule has 0 aromatic rings. The maximum Gasteiger partial charge on any atom is 0.220 e. The van der Waals surface area contributed by atoms with Gasteiger partial charge >= 0.3 is 0 Å². The lowest BCUT2D eigenvalue weighted by molar-refractivity contribution is -0.122. The molecule has 4 heteroatoms. The number of carbonyl (C=O) groups excluding carboxylic acids is 1. The quantitative estimate of drug-likeness (QED) is 0.712. The number of carbonyl (C=O) groups is 1. The molecule has 0 radical (unpaired) electrons. The summed E-state index contributed by atoms with van der Waals surface area (Å²) in [6.45, 7) is 3.88. The molecule has 1 aliphatic heterocycles. The molecule has 1 amide bonds. The van der Waals surface area contributed by atoms with Crippen molar-refractivity contribution in [2.24, 2.45) is 5.92 Å². The van der Waals surface area contributed by atoms with E-state index in [9.17, 15) is 4.79 Å². The van der Waals surface area contributed by atoms with Gasteiger partial charge in [-0.15, -0.1) is 0 Å². The smallest absolute Gasteiger partial charge is 0.220 e. The number of hydrogen-bond donors (Lipinski definition) is 2. The Kier molecular flexibility index (Phi) is 7.21. The first-order valence-corrected chi connectivity index (χ1v) is 6.70. The van der Waals surface area contributed by atoms with Crippen LogP contribution in [0.15, 0.2) is 0 Å². The Morgan fingerprint density at radius 1 is 1.47 bits per heavy atom. The van der Waals surface area contributed by atoms with Crippen LogP contribution in [0.3, 0.4) is 0 Å². The van der Waals surface area contributed by atoms with Gasteiger partial charge in [0.2, 0.25) is 5.91 Å². The third-order valence-electron chi connectivity index (χ3n) is 3.32. The van der Waals surface area contributed by atoms with Crippen LogP contribution in [0.25, 0.3) is 0 Å². The molecule has 4 nitrogen and oxygen atoms in total. The van der Waals surface area contributed by atoms with Crippen LogP contribution >= 0.6 is 0 Å². The fourth-order valence-corrected chi connectivity index (χ4v) is 2.19. The van der Waals surface area contributed by atoms with Crippen LogP contribution in [0.5, 0.6) is 0 Å². The van der Waals surface area contributed by atoms with Crippen molar-refractivity contribution in [2.45, 2.75) is 51.5 Å². The summed E-state index contributed by atoms with van der Waals surface area (Å²) >= 11 is 0. The van der Waals surface area contributed by atoms with Crippen LogP contribution in [-0.4, -0.2) is 36.9 Å². The predicted molar refractivity (Wildman–Crippen MR) is 66.7 cm³/mol. The number of ether oxygens (including phenoxy) is 1. The summed E-state index contributed by atoms with van der Waals surface area (Å²) in [5.74, 6) is 0.796. The molecule has 2 N–H and O–H groups in total. The molecule has 1 saturated heterocycles. The highest BCUT2D eigenvalue weighted by atomic mass is 16.5. The second-order valence-corrected chi connectivity index (χ2v) is 4.93. The van der Waals surface area contributed by atoms with Crippen LogP contribution in [0.4, 0.5) is 0 Å². The SMILES string of the molecule is CC(CCCO)NC(=O)CCC1CCOCC1. The average molecular weight is 243 g/mol.